The molecule has 3 rings (SSSR count). The summed E-state index contributed by atoms with van der Waals surface area (Å²) in [5, 5.41) is 3.27. The van der Waals surface area contributed by atoms with E-state index >= 15 is 0 Å². The molecule has 156 valence electrons. The average Bonchev–Trinajstić information content (AvgIpc) is 3.29. The van der Waals surface area contributed by atoms with E-state index in [9.17, 15) is 18.0 Å². The van der Waals surface area contributed by atoms with Crippen LogP contribution in [0.5, 0.6) is 0 Å². The Labute approximate surface area is 174 Å². The molecule has 9 heteroatoms. The quantitative estimate of drug-likeness (QED) is 0.701. The number of aryl methyl sites for hydroxylation is 2. The number of hydrogen-bond acceptors (Lipinski definition) is 6. The Hall–Kier alpha value is -2.23. The Kier molecular flexibility index (Phi) is 6.40. The fourth-order valence-corrected chi connectivity index (χ4v) is 5.91. The van der Waals surface area contributed by atoms with Gasteiger partial charge >= 0.3 is 5.97 Å². The molecule has 0 spiro atoms. The zero-order valence-electron chi connectivity index (χ0n) is 16.6. The van der Waals surface area contributed by atoms with Crippen LogP contribution in [0.2, 0.25) is 0 Å². The Morgan fingerprint density at radius 3 is 2.59 bits per heavy atom. The number of benzene rings is 1. The Morgan fingerprint density at radius 1 is 1.24 bits per heavy atom. The van der Waals surface area contributed by atoms with E-state index in [1.165, 1.54) is 4.31 Å². The van der Waals surface area contributed by atoms with Crippen LogP contribution in [-0.2, 0) is 19.6 Å². The zero-order valence-corrected chi connectivity index (χ0v) is 18.2. The van der Waals surface area contributed by atoms with E-state index in [4.69, 9.17) is 4.74 Å². The molecule has 1 aliphatic rings. The van der Waals surface area contributed by atoms with Gasteiger partial charge in [-0.2, -0.15) is 4.31 Å². The zero-order chi connectivity index (χ0) is 21.2. The van der Waals surface area contributed by atoms with Crippen LogP contribution in [-0.4, -0.2) is 43.8 Å². The summed E-state index contributed by atoms with van der Waals surface area (Å²) in [5.41, 5.74) is 1.67. The van der Waals surface area contributed by atoms with Crippen molar-refractivity contribution < 1.29 is 22.7 Å². The van der Waals surface area contributed by atoms with Crippen molar-refractivity contribution in [3.8, 4) is 0 Å². The van der Waals surface area contributed by atoms with Gasteiger partial charge in [-0.15, -0.1) is 11.3 Å². The largest absolute Gasteiger partial charge is 0.462 e. The number of anilines is 1. The van der Waals surface area contributed by atoms with Crippen LogP contribution in [0.3, 0.4) is 0 Å². The molecule has 0 radical (unpaired) electrons. The SMILES string of the molecule is CCOC(=O)c1sc(NC(=O)[C@@H]2CCCN2S(=O)(=O)c2ccc(C)cc2)cc1C. The fraction of sp³-hybridized carbons (Fsp3) is 0.400. The minimum Gasteiger partial charge on any atom is -0.462 e. The first-order valence-electron chi connectivity index (χ1n) is 9.41. The van der Waals surface area contributed by atoms with Gasteiger partial charge in [0.15, 0.2) is 0 Å². The predicted molar refractivity (Wildman–Crippen MR) is 112 cm³/mol. The van der Waals surface area contributed by atoms with Gasteiger partial charge in [0.1, 0.15) is 10.9 Å². The van der Waals surface area contributed by atoms with Gasteiger partial charge in [-0.1, -0.05) is 17.7 Å². The Balaban J connectivity index is 1.78. The molecule has 2 aromatic rings. The minimum absolute atomic E-state index is 0.180. The smallest absolute Gasteiger partial charge is 0.348 e. The molecular formula is C20H24N2O5S2. The molecule has 1 aliphatic heterocycles. The number of amides is 1. The highest BCUT2D eigenvalue weighted by atomic mass is 32.2. The van der Waals surface area contributed by atoms with Crippen molar-refractivity contribution in [3.63, 3.8) is 0 Å². The van der Waals surface area contributed by atoms with E-state index in [1.54, 1.807) is 44.2 Å². The molecule has 0 unspecified atom stereocenters. The van der Waals surface area contributed by atoms with E-state index in [0.29, 0.717) is 34.8 Å². The second-order valence-corrected chi connectivity index (χ2v) is 9.86. The third-order valence-electron chi connectivity index (χ3n) is 4.76. The third kappa shape index (κ3) is 4.52. The van der Waals surface area contributed by atoms with Gasteiger partial charge in [-0.25, -0.2) is 13.2 Å². The molecule has 1 aromatic carbocycles. The van der Waals surface area contributed by atoms with Crippen LogP contribution in [0, 0.1) is 13.8 Å². The number of hydrogen-bond donors (Lipinski definition) is 1. The van der Waals surface area contributed by atoms with Gasteiger partial charge in [-0.3, -0.25) is 4.79 Å². The number of rotatable bonds is 6. The summed E-state index contributed by atoms with van der Waals surface area (Å²) in [5.74, 6) is -0.824. The first kappa shape index (κ1) is 21.5. The molecule has 0 saturated carbocycles. The maximum absolute atomic E-state index is 13.0. The number of carbonyl (C=O) groups excluding carboxylic acids is 2. The first-order valence-corrected chi connectivity index (χ1v) is 11.7. The number of ether oxygens (including phenoxy) is 1. The van der Waals surface area contributed by atoms with Crippen LogP contribution < -0.4 is 5.32 Å². The van der Waals surface area contributed by atoms with Gasteiger partial charge in [0, 0.05) is 6.54 Å². The lowest BCUT2D eigenvalue weighted by atomic mass is 10.2. The lowest BCUT2D eigenvalue weighted by Gasteiger charge is -2.23. The van der Waals surface area contributed by atoms with Crippen LogP contribution in [0.4, 0.5) is 5.00 Å². The van der Waals surface area contributed by atoms with Crippen LogP contribution in [0.15, 0.2) is 35.2 Å². The highest BCUT2D eigenvalue weighted by Crippen LogP contribution is 2.30. The first-order chi connectivity index (χ1) is 13.7. The molecule has 1 amide bonds. The molecule has 29 heavy (non-hydrogen) atoms. The van der Waals surface area contributed by atoms with Crippen LogP contribution >= 0.6 is 11.3 Å². The van der Waals surface area contributed by atoms with E-state index in [-0.39, 0.29) is 11.5 Å². The molecule has 1 fully saturated rings. The average molecular weight is 437 g/mol. The number of esters is 1. The second-order valence-electron chi connectivity index (χ2n) is 6.92. The number of nitrogens with zero attached hydrogens (tertiary/aromatic N) is 1. The summed E-state index contributed by atoms with van der Waals surface area (Å²) >= 11 is 1.13. The lowest BCUT2D eigenvalue weighted by Crippen LogP contribution is -2.43. The molecule has 1 aromatic heterocycles. The maximum Gasteiger partial charge on any atom is 0.348 e. The van der Waals surface area contributed by atoms with Gasteiger partial charge in [-0.05, 0) is 57.4 Å². The van der Waals surface area contributed by atoms with Gasteiger partial charge < -0.3 is 10.1 Å². The Bertz CT molecular complexity index is 1010. The van der Waals surface area contributed by atoms with Gasteiger partial charge in [0.25, 0.3) is 0 Å². The van der Waals surface area contributed by atoms with Crippen molar-refractivity contribution in [2.45, 2.75) is 44.6 Å². The predicted octanol–water partition coefficient (Wildman–Crippen LogP) is 3.33. The summed E-state index contributed by atoms with van der Waals surface area (Å²) in [6.45, 7) is 5.95. The third-order valence-corrected chi connectivity index (χ3v) is 7.81. The van der Waals surface area contributed by atoms with Gasteiger partial charge in [0.2, 0.25) is 15.9 Å². The monoisotopic (exact) mass is 436 g/mol. The summed E-state index contributed by atoms with van der Waals surface area (Å²) in [6, 6.07) is 7.52. The normalized spacial score (nSPS) is 17.3. The standard InChI is InChI=1S/C20H24N2O5S2/c1-4-27-20(24)18-14(3)12-17(28-18)21-19(23)16-6-5-11-22(16)29(25,26)15-9-7-13(2)8-10-15/h7-10,12,16H,4-6,11H2,1-3H3,(H,21,23)/t16-/m0/s1. The number of thiophene rings is 1. The number of nitrogens with one attached hydrogen (secondary N) is 1. The van der Waals surface area contributed by atoms with Crippen LogP contribution in [0.1, 0.15) is 40.6 Å². The number of carbonyl (C=O) groups is 2. The molecule has 1 N–H and O–H groups in total. The minimum atomic E-state index is -3.76. The molecule has 7 nitrogen and oxygen atoms in total. The number of sulfonamides is 1. The lowest BCUT2D eigenvalue weighted by molar-refractivity contribution is -0.119. The van der Waals surface area contributed by atoms with Crippen molar-refractivity contribution in [3.05, 3.63) is 46.3 Å². The van der Waals surface area contributed by atoms with E-state index in [0.717, 1.165) is 16.9 Å². The van der Waals surface area contributed by atoms with E-state index in [1.807, 2.05) is 6.92 Å². The molecule has 2 heterocycles. The summed E-state index contributed by atoms with van der Waals surface area (Å²) in [7, 11) is -3.76. The molecular weight excluding hydrogens is 412 g/mol. The van der Waals surface area contributed by atoms with Crippen molar-refractivity contribution in [1.29, 1.82) is 0 Å². The molecule has 0 aliphatic carbocycles. The Morgan fingerprint density at radius 2 is 1.93 bits per heavy atom. The molecule has 1 saturated heterocycles. The topological polar surface area (TPSA) is 92.8 Å². The van der Waals surface area contributed by atoms with Crippen LogP contribution in [0.25, 0.3) is 0 Å². The highest BCUT2D eigenvalue weighted by Gasteiger charge is 2.39. The van der Waals surface area contributed by atoms with E-state index < -0.39 is 27.9 Å². The van der Waals surface area contributed by atoms with Crippen molar-refractivity contribution in [2.24, 2.45) is 0 Å². The van der Waals surface area contributed by atoms with E-state index in [2.05, 4.69) is 5.32 Å². The fourth-order valence-electron chi connectivity index (χ4n) is 3.28. The molecule has 0 bridgehead atoms. The summed E-state index contributed by atoms with van der Waals surface area (Å²) in [6.07, 6.45) is 1.06. The second kappa shape index (κ2) is 8.64. The van der Waals surface area contributed by atoms with Crippen molar-refractivity contribution >= 4 is 38.2 Å². The van der Waals surface area contributed by atoms with Crippen molar-refractivity contribution in [2.75, 3.05) is 18.5 Å². The summed E-state index contributed by atoms with van der Waals surface area (Å²) < 4.78 is 32.3. The van der Waals surface area contributed by atoms with Crippen molar-refractivity contribution in [1.82, 2.24) is 4.31 Å². The van der Waals surface area contributed by atoms with Gasteiger partial charge in [0.05, 0.1) is 16.5 Å². The maximum atomic E-state index is 13.0. The highest BCUT2D eigenvalue weighted by molar-refractivity contribution is 7.89. The summed E-state index contributed by atoms with van der Waals surface area (Å²) in [4.78, 5) is 25.4. The molecule has 1 atom stereocenters.